The average Bonchev–Trinajstić information content (AvgIpc) is 2.84. The fourth-order valence-corrected chi connectivity index (χ4v) is 3.12. The third-order valence-electron chi connectivity index (χ3n) is 4.61. The Morgan fingerprint density at radius 1 is 0.941 bits per heavy atom. The van der Waals surface area contributed by atoms with E-state index in [1.165, 1.54) is 20.4 Å². The molecule has 0 saturated carbocycles. The summed E-state index contributed by atoms with van der Waals surface area (Å²) in [4.78, 5) is 24.1. The highest BCUT2D eigenvalue weighted by molar-refractivity contribution is 6.31. The van der Waals surface area contributed by atoms with E-state index in [-0.39, 0.29) is 13.0 Å². The lowest BCUT2D eigenvalue weighted by molar-refractivity contribution is -0.126. The lowest BCUT2D eigenvalue weighted by atomic mass is 10.2. The molecule has 3 aromatic carbocycles. The quantitative estimate of drug-likeness (QED) is 0.254. The SMILES string of the molecule is COc1cccc(NC(=O)CC(=O)NN=Cc2ccc(OCc3ccccc3Cl)c(OC)c2)c1. The molecule has 9 heteroatoms. The van der Waals surface area contributed by atoms with Gasteiger partial charge in [-0.25, -0.2) is 5.43 Å². The fraction of sp³-hybridized carbons (Fsp3) is 0.160. The Morgan fingerprint density at radius 3 is 2.53 bits per heavy atom. The number of nitrogens with zero attached hydrogens (tertiary/aromatic N) is 1. The number of hydrogen-bond donors (Lipinski definition) is 2. The van der Waals surface area contributed by atoms with Crippen LogP contribution in [-0.4, -0.2) is 32.2 Å². The van der Waals surface area contributed by atoms with E-state index in [1.807, 2.05) is 18.2 Å². The second-order valence-corrected chi connectivity index (χ2v) is 7.45. The molecule has 0 unspecified atom stereocenters. The number of nitrogens with one attached hydrogen (secondary N) is 2. The van der Waals surface area contributed by atoms with Crippen LogP contribution < -0.4 is 25.0 Å². The van der Waals surface area contributed by atoms with E-state index in [1.54, 1.807) is 48.5 Å². The summed E-state index contributed by atoms with van der Waals surface area (Å²) in [7, 11) is 3.06. The van der Waals surface area contributed by atoms with Crippen LogP contribution in [0.2, 0.25) is 5.02 Å². The van der Waals surface area contributed by atoms with Gasteiger partial charge in [0.25, 0.3) is 0 Å². The molecule has 0 aliphatic carbocycles. The molecule has 2 N–H and O–H groups in total. The molecular weight excluding hydrogens is 458 g/mol. The Morgan fingerprint density at radius 2 is 1.76 bits per heavy atom. The summed E-state index contributed by atoms with van der Waals surface area (Å²) in [5.41, 5.74) is 4.39. The third kappa shape index (κ3) is 7.25. The second-order valence-electron chi connectivity index (χ2n) is 7.04. The first-order chi connectivity index (χ1) is 16.5. The number of hydrogen-bond acceptors (Lipinski definition) is 6. The van der Waals surface area contributed by atoms with E-state index in [0.29, 0.717) is 33.5 Å². The Hall–Kier alpha value is -4.04. The Bertz CT molecular complexity index is 1180. The number of carbonyl (C=O) groups is 2. The van der Waals surface area contributed by atoms with Crippen molar-refractivity contribution in [2.24, 2.45) is 5.10 Å². The van der Waals surface area contributed by atoms with Crippen molar-refractivity contribution >= 4 is 35.3 Å². The summed E-state index contributed by atoms with van der Waals surface area (Å²) >= 11 is 6.16. The van der Waals surface area contributed by atoms with Gasteiger partial charge in [-0.05, 0) is 42.0 Å². The van der Waals surface area contributed by atoms with Crippen molar-refractivity contribution < 1.29 is 23.8 Å². The molecule has 0 bridgehead atoms. The summed E-state index contributed by atoms with van der Waals surface area (Å²) in [6.07, 6.45) is 1.06. The number of anilines is 1. The lowest BCUT2D eigenvalue weighted by Crippen LogP contribution is -2.24. The minimum Gasteiger partial charge on any atom is -0.497 e. The molecule has 0 radical (unpaired) electrons. The van der Waals surface area contributed by atoms with Gasteiger partial charge in [0.1, 0.15) is 18.8 Å². The summed E-state index contributed by atoms with van der Waals surface area (Å²) in [6, 6.07) is 19.5. The van der Waals surface area contributed by atoms with Crippen molar-refractivity contribution in [2.45, 2.75) is 13.0 Å². The highest BCUT2D eigenvalue weighted by Crippen LogP contribution is 2.29. The minimum atomic E-state index is -0.552. The molecule has 2 amide bonds. The summed E-state index contributed by atoms with van der Waals surface area (Å²) in [6.45, 7) is 0.289. The number of ether oxygens (including phenoxy) is 3. The first-order valence-electron chi connectivity index (χ1n) is 10.3. The Kier molecular flexibility index (Phi) is 8.88. The molecule has 0 atom stereocenters. The summed E-state index contributed by atoms with van der Waals surface area (Å²) in [5.74, 6) is 0.617. The number of amides is 2. The zero-order valence-electron chi connectivity index (χ0n) is 18.7. The Labute approximate surface area is 202 Å². The molecule has 0 aliphatic rings. The first kappa shape index (κ1) is 24.6. The van der Waals surface area contributed by atoms with Crippen molar-refractivity contribution in [3.05, 3.63) is 82.9 Å². The molecule has 8 nitrogen and oxygen atoms in total. The van der Waals surface area contributed by atoms with Crippen LogP contribution in [0.1, 0.15) is 17.5 Å². The largest absolute Gasteiger partial charge is 0.497 e. The molecule has 176 valence electrons. The topological polar surface area (TPSA) is 98.2 Å². The van der Waals surface area contributed by atoms with E-state index in [4.69, 9.17) is 25.8 Å². The smallest absolute Gasteiger partial charge is 0.249 e. The number of rotatable bonds is 10. The van der Waals surface area contributed by atoms with Crippen molar-refractivity contribution in [1.82, 2.24) is 5.43 Å². The number of methoxy groups -OCH3 is 2. The predicted octanol–water partition coefficient (Wildman–Crippen LogP) is 4.42. The second kappa shape index (κ2) is 12.3. The van der Waals surface area contributed by atoms with Crippen LogP contribution >= 0.6 is 11.6 Å². The molecule has 0 fully saturated rings. The molecule has 0 spiro atoms. The van der Waals surface area contributed by atoms with Crippen LogP contribution in [-0.2, 0) is 16.2 Å². The van der Waals surface area contributed by atoms with Gasteiger partial charge in [0.05, 0.1) is 20.4 Å². The number of carbonyl (C=O) groups excluding carboxylic acids is 2. The average molecular weight is 482 g/mol. The molecule has 3 aromatic rings. The number of halogens is 1. The third-order valence-corrected chi connectivity index (χ3v) is 4.97. The number of benzene rings is 3. The van der Waals surface area contributed by atoms with Crippen LogP contribution in [0.15, 0.2) is 71.8 Å². The summed E-state index contributed by atoms with van der Waals surface area (Å²) in [5, 5.41) is 7.16. The maximum Gasteiger partial charge on any atom is 0.249 e. The van der Waals surface area contributed by atoms with Gasteiger partial charge in [-0.2, -0.15) is 5.10 Å². The van der Waals surface area contributed by atoms with Gasteiger partial charge >= 0.3 is 0 Å². The van der Waals surface area contributed by atoms with Crippen molar-refractivity contribution in [1.29, 1.82) is 0 Å². The standard InChI is InChI=1S/C25H24ClN3O5/c1-32-20-8-5-7-19(13-20)28-24(30)14-25(31)29-27-15-17-10-11-22(23(12-17)33-2)34-16-18-6-3-4-9-21(18)26/h3-13,15H,14,16H2,1-2H3,(H,28,30)(H,29,31). The lowest BCUT2D eigenvalue weighted by Gasteiger charge is -2.12. The highest BCUT2D eigenvalue weighted by Gasteiger charge is 2.10. The van der Waals surface area contributed by atoms with Crippen molar-refractivity contribution in [3.63, 3.8) is 0 Å². The van der Waals surface area contributed by atoms with Gasteiger partial charge in [-0.3, -0.25) is 9.59 Å². The van der Waals surface area contributed by atoms with Crippen LogP contribution in [0.5, 0.6) is 17.2 Å². The van der Waals surface area contributed by atoms with Gasteiger partial charge in [-0.15, -0.1) is 0 Å². The van der Waals surface area contributed by atoms with Crippen LogP contribution in [0, 0.1) is 0 Å². The number of hydrazone groups is 1. The van der Waals surface area contributed by atoms with E-state index in [0.717, 1.165) is 5.56 Å². The van der Waals surface area contributed by atoms with Crippen LogP contribution in [0.3, 0.4) is 0 Å². The molecule has 3 rings (SSSR count). The maximum atomic E-state index is 12.1. The van der Waals surface area contributed by atoms with E-state index < -0.39 is 11.8 Å². The molecule has 34 heavy (non-hydrogen) atoms. The van der Waals surface area contributed by atoms with Gasteiger partial charge in [0.2, 0.25) is 11.8 Å². The molecule has 0 aliphatic heterocycles. The van der Waals surface area contributed by atoms with Gasteiger partial charge < -0.3 is 19.5 Å². The first-order valence-corrected chi connectivity index (χ1v) is 10.7. The maximum absolute atomic E-state index is 12.1. The monoisotopic (exact) mass is 481 g/mol. The highest BCUT2D eigenvalue weighted by atomic mass is 35.5. The molecule has 0 saturated heterocycles. The minimum absolute atomic E-state index is 0.289. The fourth-order valence-electron chi connectivity index (χ4n) is 2.92. The predicted molar refractivity (Wildman–Crippen MR) is 131 cm³/mol. The van der Waals surface area contributed by atoms with Crippen molar-refractivity contribution in [2.75, 3.05) is 19.5 Å². The summed E-state index contributed by atoms with van der Waals surface area (Å²) < 4.78 is 16.3. The molecular formula is C25H24ClN3O5. The van der Waals surface area contributed by atoms with Crippen LogP contribution in [0.4, 0.5) is 5.69 Å². The van der Waals surface area contributed by atoms with E-state index in [2.05, 4.69) is 15.8 Å². The zero-order chi connectivity index (χ0) is 24.3. The van der Waals surface area contributed by atoms with Gasteiger partial charge in [0.15, 0.2) is 11.5 Å². The molecule has 0 aromatic heterocycles. The Balaban J connectivity index is 1.51. The zero-order valence-corrected chi connectivity index (χ0v) is 19.5. The normalized spacial score (nSPS) is 10.6. The van der Waals surface area contributed by atoms with E-state index >= 15 is 0 Å². The van der Waals surface area contributed by atoms with Crippen LogP contribution in [0.25, 0.3) is 0 Å². The molecule has 0 heterocycles. The van der Waals surface area contributed by atoms with E-state index in [9.17, 15) is 9.59 Å². The van der Waals surface area contributed by atoms with Gasteiger partial charge in [0, 0.05) is 22.3 Å². The van der Waals surface area contributed by atoms with Gasteiger partial charge in [-0.1, -0.05) is 35.9 Å². The van der Waals surface area contributed by atoms with Crippen molar-refractivity contribution in [3.8, 4) is 17.2 Å².